The fourth-order valence-electron chi connectivity index (χ4n) is 4.31. The molecule has 180 valence electrons. The first-order valence-electron chi connectivity index (χ1n) is 11.1. The van der Waals surface area contributed by atoms with E-state index in [1.807, 2.05) is 49.3 Å². The number of aliphatic hydroxyl groups excluding tert-OH is 1. The predicted molar refractivity (Wildman–Crippen MR) is 128 cm³/mol. The highest BCUT2D eigenvalue weighted by atomic mass is 16.5. The molecule has 2 aromatic carbocycles. The van der Waals surface area contributed by atoms with Crippen molar-refractivity contribution in [3.8, 4) is 0 Å². The molecule has 8 nitrogen and oxygen atoms in total. The van der Waals surface area contributed by atoms with Crippen LogP contribution < -0.4 is 0 Å². The van der Waals surface area contributed by atoms with Crippen LogP contribution in [0.15, 0.2) is 88.7 Å². The minimum atomic E-state index is -0.877. The number of ether oxygens (including phenoxy) is 1. The van der Waals surface area contributed by atoms with Gasteiger partial charge >= 0.3 is 5.97 Å². The van der Waals surface area contributed by atoms with Crippen LogP contribution in [0.2, 0.25) is 0 Å². The third kappa shape index (κ3) is 4.61. The second-order valence-corrected chi connectivity index (χ2v) is 8.43. The zero-order valence-corrected chi connectivity index (χ0v) is 19.7. The third-order valence-electron chi connectivity index (χ3n) is 6.12. The van der Waals surface area contributed by atoms with Gasteiger partial charge in [0.2, 0.25) is 5.78 Å². The maximum Gasteiger partial charge on any atom is 0.337 e. The maximum atomic E-state index is 13.3. The van der Waals surface area contributed by atoms with E-state index in [1.165, 1.54) is 24.3 Å². The zero-order valence-electron chi connectivity index (χ0n) is 19.7. The highest BCUT2D eigenvalue weighted by Gasteiger charge is 2.45. The molecule has 1 aliphatic heterocycles. The minimum absolute atomic E-state index is 0.0181. The molecular formula is C27H26N2O6. The van der Waals surface area contributed by atoms with Gasteiger partial charge in [-0.25, -0.2) is 4.79 Å². The number of likely N-dealkylation sites (N-methyl/N-ethyl adjacent to an activating group) is 1. The lowest BCUT2D eigenvalue weighted by Crippen LogP contribution is -2.38. The van der Waals surface area contributed by atoms with Crippen molar-refractivity contribution >= 4 is 17.7 Å². The Kier molecular flexibility index (Phi) is 6.84. The molecule has 0 bridgehead atoms. The standard InChI is InChI=1S/C27H26N2O6/c1-28(2)20(17-8-5-4-6-9-17)16-29-23(18-11-13-19(14-12-18)27(33)34-3)22(25(31)26(29)32)24(30)21-10-7-15-35-21/h4-15,20,23,31H,16H2,1-3H3. The highest BCUT2D eigenvalue weighted by Crippen LogP contribution is 2.40. The first kappa shape index (κ1) is 24.0. The summed E-state index contributed by atoms with van der Waals surface area (Å²) in [5.74, 6) is -2.32. The van der Waals surface area contributed by atoms with E-state index in [0.717, 1.165) is 5.56 Å². The molecule has 2 atom stereocenters. The van der Waals surface area contributed by atoms with Gasteiger partial charge in [0.25, 0.3) is 5.91 Å². The number of nitrogens with zero attached hydrogens (tertiary/aromatic N) is 2. The van der Waals surface area contributed by atoms with Crippen molar-refractivity contribution in [3.05, 3.63) is 107 Å². The molecule has 1 amide bonds. The van der Waals surface area contributed by atoms with Gasteiger partial charge < -0.3 is 24.1 Å². The van der Waals surface area contributed by atoms with Crippen molar-refractivity contribution in [3.63, 3.8) is 0 Å². The van der Waals surface area contributed by atoms with Crippen molar-refractivity contribution in [1.29, 1.82) is 0 Å². The van der Waals surface area contributed by atoms with E-state index in [2.05, 4.69) is 0 Å². The topological polar surface area (TPSA) is 100 Å². The molecule has 1 aromatic heterocycles. The molecule has 8 heteroatoms. The predicted octanol–water partition coefficient (Wildman–Crippen LogP) is 3.95. The van der Waals surface area contributed by atoms with E-state index >= 15 is 0 Å². The van der Waals surface area contributed by atoms with Gasteiger partial charge in [-0.2, -0.15) is 0 Å². The van der Waals surface area contributed by atoms with Gasteiger partial charge in [-0.05, 0) is 49.5 Å². The lowest BCUT2D eigenvalue weighted by atomic mass is 9.93. The Bertz CT molecular complexity index is 1250. The Morgan fingerprint density at radius 3 is 2.31 bits per heavy atom. The number of carbonyl (C=O) groups excluding carboxylic acids is 3. The van der Waals surface area contributed by atoms with Crippen molar-refractivity contribution in [2.45, 2.75) is 12.1 Å². The van der Waals surface area contributed by atoms with Crippen molar-refractivity contribution in [2.75, 3.05) is 27.7 Å². The van der Waals surface area contributed by atoms with Crippen LogP contribution in [0.5, 0.6) is 0 Å². The quantitative estimate of drug-likeness (QED) is 0.390. The molecule has 0 fully saturated rings. The van der Waals surface area contributed by atoms with E-state index in [1.54, 1.807) is 30.3 Å². The van der Waals surface area contributed by atoms with Crippen LogP contribution in [-0.2, 0) is 9.53 Å². The van der Waals surface area contributed by atoms with Crippen LogP contribution in [0.4, 0.5) is 0 Å². The lowest BCUT2D eigenvalue weighted by molar-refractivity contribution is -0.130. The average Bonchev–Trinajstić information content (AvgIpc) is 3.50. The summed E-state index contributed by atoms with van der Waals surface area (Å²) >= 11 is 0. The van der Waals surface area contributed by atoms with Gasteiger partial charge in [-0.15, -0.1) is 0 Å². The number of aliphatic hydroxyl groups is 1. The first-order chi connectivity index (χ1) is 16.8. The molecule has 0 saturated carbocycles. The number of methoxy groups -OCH3 is 1. The van der Waals surface area contributed by atoms with Gasteiger partial charge in [0.05, 0.1) is 36.6 Å². The number of Topliss-reactive ketones (excluding diaryl/α,β-unsaturated/α-hetero) is 1. The van der Waals surface area contributed by atoms with Crippen LogP contribution in [0.3, 0.4) is 0 Å². The van der Waals surface area contributed by atoms with E-state index < -0.39 is 29.5 Å². The third-order valence-corrected chi connectivity index (χ3v) is 6.12. The summed E-state index contributed by atoms with van der Waals surface area (Å²) in [5.41, 5.74) is 1.81. The second kappa shape index (κ2) is 9.99. The molecule has 3 aromatic rings. The Morgan fingerprint density at radius 1 is 1.06 bits per heavy atom. The van der Waals surface area contributed by atoms with E-state index in [0.29, 0.717) is 11.1 Å². The number of rotatable bonds is 8. The van der Waals surface area contributed by atoms with Crippen molar-refractivity contribution < 1.29 is 28.6 Å². The van der Waals surface area contributed by atoms with E-state index in [-0.39, 0.29) is 23.9 Å². The number of hydrogen-bond donors (Lipinski definition) is 1. The lowest BCUT2D eigenvalue weighted by Gasteiger charge is -2.33. The van der Waals surface area contributed by atoms with Gasteiger partial charge in [-0.3, -0.25) is 9.59 Å². The molecule has 2 unspecified atom stereocenters. The number of furan rings is 1. The summed E-state index contributed by atoms with van der Waals surface area (Å²) in [4.78, 5) is 42.0. The summed E-state index contributed by atoms with van der Waals surface area (Å²) < 4.78 is 10.0. The summed E-state index contributed by atoms with van der Waals surface area (Å²) in [6, 6.07) is 18.1. The Morgan fingerprint density at radius 2 is 1.74 bits per heavy atom. The smallest absolute Gasteiger partial charge is 0.337 e. The van der Waals surface area contributed by atoms with Crippen LogP contribution in [0.25, 0.3) is 0 Å². The monoisotopic (exact) mass is 474 g/mol. The number of amides is 1. The summed E-state index contributed by atoms with van der Waals surface area (Å²) in [6.07, 6.45) is 1.36. The number of esters is 1. The molecule has 1 N–H and O–H groups in total. The van der Waals surface area contributed by atoms with Crippen LogP contribution >= 0.6 is 0 Å². The Balaban J connectivity index is 1.78. The summed E-state index contributed by atoms with van der Waals surface area (Å²) in [6.45, 7) is 0.207. The van der Waals surface area contributed by atoms with Gasteiger partial charge in [0.1, 0.15) is 0 Å². The first-order valence-corrected chi connectivity index (χ1v) is 11.1. The van der Waals surface area contributed by atoms with Crippen LogP contribution in [0.1, 0.15) is 44.1 Å². The number of carbonyl (C=O) groups is 3. The largest absolute Gasteiger partial charge is 0.503 e. The van der Waals surface area contributed by atoms with Crippen molar-refractivity contribution in [1.82, 2.24) is 9.80 Å². The van der Waals surface area contributed by atoms with Crippen LogP contribution in [-0.4, -0.2) is 60.3 Å². The molecule has 35 heavy (non-hydrogen) atoms. The van der Waals surface area contributed by atoms with E-state index in [4.69, 9.17) is 9.15 Å². The molecule has 1 aliphatic rings. The second-order valence-electron chi connectivity index (χ2n) is 8.43. The molecule has 2 heterocycles. The fraction of sp³-hybridized carbons (Fsp3) is 0.222. The highest BCUT2D eigenvalue weighted by molar-refractivity contribution is 6.15. The minimum Gasteiger partial charge on any atom is -0.503 e. The van der Waals surface area contributed by atoms with Gasteiger partial charge in [-0.1, -0.05) is 42.5 Å². The number of ketones is 1. The molecule has 0 radical (unpaired) electrons. The number of hydrogen-bond acceptors (Lipinski definition) is 7. The molecule has 4 rings (SSSR count). The van der Waals surface area contributed by atoms with Gasteiger partial charge in [0.15, 0.2) is 11.5 Å². The molecule has 0 saturated heterocycles. The summed E-state index contributed by atoms with van der Waals surface area (Å²) in [7, 11) is 5.10. The Labute approximate surface area is 203 Å². The normalized spacial score (nSPS) is 16.6. The maximum absolute atomic E-state index is 13.3. The molecule has 0 spiro atoms. The number of benzene rings is 2. The summed E-state index contributed by atoms with van der Waals surface area (Å²) in [5, 5.41) is 10.9. The SMILES string of the molecule is COC(=O)c1ccc(C2C(C(=O)c3ccco3)=C(O)C(=O)N2CC(c2ccccc2)N(C)C)cc1. The van der Waals surface area contributed by atoms with E-state index in [9.17, 15) is 19.5 Å². The van der Waals surface area contributed by atoms with Crippen LogP contribution in [0, 0.1) is 0 Å². The average molecular weight is 475 g/mol. The van der Waals surface area contributed by atoms with Crippen molar-refractivity contribution in [2.24, 2.45) is 0 Å². The molecule has 0 aliphatic carbocycles. The zero-order chi connectivity index (χ0) is 25.1. The fourth-order valence-corrected chi connectivity index (χ4v) is 4.31. The molecular weight excluding hydrogens is 448 g/mol. The Hall–Kier alpha value is -4.17. The van der Waals surface area contributed by atoms with Gasteiger partial charge in [0, 0.05) is 6.54 Å².